The molecule has 0 aliphatic rings. The van der Waals surface area contributed by atoms with Gasteiger partial charge in [0.05, 0.1) is 24.8 Å². The molecule has 0 saturated heterocycles. The second kappa shape index (κ2) is 11.8. The fourth-order valence-electron chi connectivity index (χ4n) is 4.29. The average molecular weight is 493 g/mol. The zero-order chi connectivity index (χ0) is 26.5. The molecule has 3 aromatic rings. The zero-order valence-corrected chi connectivity index (χ0v) is 21.6. The highest BCUT2D eigenvalue weighted by Crippen LogP contribution is 2.31. The van der Waals surface area contributed by atoms with Gasteiger partial charge in [-0.25, -0.2) is 4.39 Å². The van der Waals surface area contributed by atoms with E-state index in [0.29, 0.717) is 24.1 Å². The molecule has 36 heavy (non-hydrogen) atoms. The molecule has 0 heterocycles. The standard InChI is InChI=1S/C30H36FNO4/c1-19-10-11-22(15-28(19)31)16-30(4,5)32-17-24(33)18-36-21(3)26-8-6-7-9-27(26)23-12-13-25(29(34)35)20(2)14-23/h6-15,21,24,32-33H,16-18H2,1-5H3,(H,34,35)/p-1/t21-,24-/m1/s1. The number of carbonyl (C=O) groups excluding carboxylic acids is 1. The summed E-state index contributed by atoms with van der Waals surface area (Å²) in [7, 11) is 0. The molecule has 0 aliphatic carbocycles. The Morgan fingerprint density at radius 2 is 1.81 bits per heavy atom. The summed E-state index contributed by atoms with van der Waals surface area (Å²) in [5.74, 6) is -1.41. The van der Waals surface area contributed by atoms with Crippen LogP contribution in [0.15, 0.2) is 60.7 Å². The number of ether oxygens (including phenoxy) is 1. The van der Waals surface area contributed by atoms with Gasteiger partial charge in [0.1, 0.15) is 5.82 Å². The molecule has 192 valence electrons. The number of β-amino-alcohol motifs (C(OH)–C–C–N with tert-alkyl or cyclic N) is 1. The molecular formula is C30H35FNO4-. The van der Waals surface area contributed by atoms with Crippen LogP contribution in [0.2, 0.25) is 0 Å². The van der Waals surface area contributed by atoms with Crippen molar-refractivity contribution in [1.82, 2.24) is 5.32 Å². The first-order valence-corrected chi connectivity index (χ1v) is 12.2. The van der Waals surface area contributed by atoms with Gasteiger partial charge in [-0.2, -0.15) is 0 Å². The summed E-state index contributed by atoms with van der Waals surface area (Å²) in [5, 5.41) is 25.2. The topological polar surface area (TPSA) is 81.6 Å². The molecule has 0 fully saturated rings. The first kappa shape index (κ1) is 27.5. The molecule has 0 bridgehead atoms. The number of halogens is 1. The van der Waals surface area contributed by atoms with Crippen molar-refractivity contribution in [1.29, 1.82) is 0 Å². The van der Waals surface area contributed by atoms with Gasteiger partial charge in [0.15, 0.2) is 0 Å². The van der Waals surface area contributed by atoms with Gasteiger partial charge in [-0.15, -0.1) is 0 Å². The third-order valence-corrected chi connectivity index (χ3v) is 6.39. The molecule has 0 spiro atoms. The van der Waals surface area contributed by atoms with Crippen molar-refractivity contribution in [2.75, 3.05) is 13.2 Å². The van der Waals surface area contributed by atoms with Crippen LogP contribution in [0, 0.1) is 19.7 Å². The van der Waals surface area contributed by atoms with Crippen LogP contribution in [0.4, 0.5) is 4.39 Å². The molecule has 2 atom stereocenters. The van der Waals surface area contributed by atoms with E-state index in [-0.39, 0.29) is 29.6 Å². The Morgan fingerprint density at radius 3 is 2.47 bits per heavy atom. The number of aromatic carboxylic acids is 1. The normalized spacial score (nSPS) is 13.4. The predicted molar refractivity (Wildman–Crippen MR) is 138 cm³/mol. The summed E-state index contributed by atoms with van der Waals surface area (Å²) in [6.07, 6.45) is -0.392. The molecule has 3 rings (SSSR count). The molecule has 2 N–H and O–H groups in total. The summed E-state index contributed by atoms with van der Waals surface area (Å²) < 4.78 is 19.9. The van der Waals surface area contributed by atoms with E-state index in [2.05, 4.69) is 5.32 Å². The Kier molecular flexibility index (Phi) is 9.01. The molecule has 3 aromatic carbocycles. The Morgan fingerprint density at radius 1 is 1.08 bits per heavy atom. The third-order valence-electron chi connectivity index (χ3n) is 6.39. The second-order valence-corrected chi connectivity index (χ2v) is 10.1. The Bertz CT molecular complexity index is 1210. The maximum absolute atomic E-state index is 13.9. The molecule has 6 heteroatoms. The molecule has 0 radical (unpaired) electrons. The average Bonchev–Trinajstić information content (AvgIpc) is 2.83. The zero-order valence-electron chi connectivity index (χ0n) is 21.6. The van der Waals surface area contributed by atoms with Crippen LogP contribution in [-0.2, 0) is 11.2 Å². The highest BCUT2D eigenvalue weighted by Gasteiger charge is 2.21. The minimum atomic E-state index is -1.19. The van der Waals surface area contributed by atoms with Crippen LogP contribution < -0.4 is 10.4 Å². The van der Waals surface area contributed by atoms with Crippen LogP contribution in [0.3, 0.4) is 0 Å². The second-order valence-electron chi connectivity index (χ2n) is 10.1. The summed E-state index contributed by atoms with van der Waals surface area (Å²) in [4.78, 5) is 11.3. The Hall–Kier alpha value is -3.06. The largest absolute Gasteiger partial charge is 0.545 e. The van der Waals surface area contributed by atoms with Crippen molar-refractivity contribution < 1.29 is 24.1 Å². The Labute approximate surface area is 213 Å². The van der Waals surface area contributed by atoms with E-state index in [1.807, 2.05) is 57.2 Å². The number of hydrogen-bond donors (Lipinski definition) is 2. The van der Waals surface area contributed by atoms with Crippen molar-refractivity contribution in [2.24, 2.45) is 0 Å². The van der Waals surface area contributed by atoms with E-state index < -0.39 is 12.1 Å². The summed E-state index contributed by atoms with van der Waals surface area (Å²) in [6.45, 7) is 9.93. The summed E-state index contributed by atoms with van der Waals surface area (Å²) >= 11 is 0. The van der Waals surface area contributed by atoms with Gasteiger partial charge in [0.2, 0.25) is 0 Å². The number of aryl methyl sites for hydroxylation is 2. The van der Waals surface area contributed by atoms with Crippen LogP contribution in [0.1, 0.15) is 59.5 Å². The molecular weight excluding hydrogens is 457 g/mol. The molecule has 0 amide bonds. The van der Waals surface area contributed by atoms with E-state index in [1.54, 1.807) is 38.1 Å². The SMILES string of the molecule is Cc1ccc(CC(C)(C)NC[C@@H](O)CO[C@H](C)c2ccccc2-c2ccc(C(=O)[O-])c(C)c2)cc1F. The molecule has 0 aromatic heterocycles. The number of carbonyl (C=O) groups is 1. The van der Waals surface area contributed by atoms with Crippen molar-refractivity contribution in [3.8, 4) is 11.1 Å². The Balaban J connectivity index is 1.59. The highest BCUT2D eigenvalue weighted by molar-refractivity contribution is 5.88. The van der Waals surface area contributed by atoms with Crippen LogP contribution in [0.5, 0.6) is 0 Å². The lowest BCUT2D eigenvalue weighted by atomic mass is 9.94. The number of rotatable bonds is 11. The molecule has 0 unspecified atom stereocenters. The van der Waals surface area contributed by atoms with Gasteiger partial charge in [-0.05, 0) is 80.5 Å². The highest BCUT2D eigenvalue weighted by atomic mass is 19.1. The van der Waals surface area contributed by atoms with Crippen molar-refractivity contribution in [2.45, 2.75) is 58.8 Å². The van der Waals surface area contributed by atoms with Crippen molar-refractivity contribution in [3.05, 3.63) is 94.3 Å². The fourth-order valence-corrected chi connectivity index (χ4v) is 4.29. The van der Waals surface area contributed by atoms with Crippen LogP contribution in [0.25, 0.3) is 11.1 Å². The first-order chi connectivity index (χ1) is 17.0. The summed E-state index contributed by atoms with van der Waals surface area (Å²) in [5.41, 5.74) is 4.76. The number of hydrogen-bond acceptors (Lipinski definition) is 5. The quantitative estimate of drug-likeness (QED) is 0.411. The third kappa shape index (κ3) is 7.23. The maximum atomic E-state index is 13.9. The molecule has 0 saturated carbocycles. The minimum Gasteiger partial charge on any atom is -0.545 e. The minimum absolute atomic E-state index is 0.139. The van der Waals surface area contributed by atoms with Crippen LogP contribution >= 0.6 is 0 Å². The molecule has 0 aliphatic heterocycles. The monoisotopic (exact) mass is 492 g/mol. The van der Waals surface area contributed by atoms with Crippen molar-refractivity contribution in [3.63, 3.8) is 0 Å². The van der Waals surface area contributed by atoms with Gasteiger partial charge in [0.25, 0.3) is 0 Å². The lowest BCUT2D eigenvalue weighted by Crippen LogP contribution is -2.46. The number of aliphatic hydroxyl groups is 1. The number of benzene rings is 3. The maximum Gasteiger partial charge on any atom is 0.126 e. The van der Waals surface area contributed by atoms with E-state index >= 15 is 0 Å². The first-order valence-electron chi connectivity index (χ1n) is 12.2. The number of nitrogens with one attached hydrogen (secondary N) is 1. The summed E-state index contributed by atoms with van der Waals surface area (Å²) in [6, 6.07) is 18.2. The predicted octanol–water partition coefficient (Wildman–Crippen LogP) is 4.52. The van der Waals surface area contributed by atoms with Crippen molar-refractivity contribution >= 4 is 5.97 Å². The smallest absolute Gasteiger partial charge is 0.126 e. The van der Waals surface area contributed by atoms with E-state index in [0.717, 1.165) is 22.3 Å². The fraction of sp³-hybridized carbons (Fsp3) is 0.367. The molecule has 5 nitrogen and oxygen atoms in total. The van der Waals surface area contributed by atoms with E-state index in [4.69, 9.17) is 4.74 Å². The van der Waals surface area contributed by atoms with Gasteiger partial charge in [0, 0.05) is 17.6 Å². The van der Waals surface area contributed by atoms with Crippen LogP contribution in [-0.4, -0.2) is 35.9 Å². The van der Waals surface area contributed by atoms with E-state index in [9.17, 15) is 19.4 Å². The van der Waals surface area contributed by atoms with Gasteiger partial charge in [-0.3, -0.25) is 0 Å². The van der Waals surface area contributed by atoms with E-state index in [1.165, 1.54) is 0 Å². The van der Waals surface area contributed by atoms with Gasteiger partial charge < -0.3 is 25.1 Å². The number of aliphatic hydroxyl groups excluding tert-OH is 1. The van der Waals surface area contributed by atoms with Gasteiger partial charge >= 0.3 is 0 Å². The number of carboxylic acids is 1. The van der Waals surface area contributed by atoms with Gasteiger partial charge in [-0.1, -0.05) is 54.6 Å². The number of carboxylic acid groups (broad SMARTS) is 1. The lowest BCUT2D eigenvalue weighted by Gasteiger charge is -2.28. The lowest BCUT2D eigenvalue weighted by molar-refractivity contribution is -0.255.